The maximum Gasteiger partial charge on any atom is 0.0599 e. The van der Waals surface area contributed by atoms with Crippen molar-refractivity contribution >= 4 is 0 Å². The second-order valence-electron chi connectivity index (χ2n) is 4.43. The summed E-state index contributed by atoms with van der Waals surface area (Å²) >= 11 is 0. The van der Waals surface area contributed by atoms with Crippen molar-refractivity contribution in [1.29, 1.82) is 0 Å². The van der Waals surface area contributed by atoms with Gasteiger partial charge in [-0.2, -0.15) is 0 Å². The van der Waals surface area contributed by atoms with E-state index < -0.39 is 0 Å². The Bertz CT molecular complexity index is 134. The number of nitrogens with zero attached hydrogens (tertiary/aromatic N) is 1. The van der Waals surface area contributed by atoms with Crippen LogP contribution in [0.1, 0.15) is 39.5 Å². The van der Waals surface area contributed by atoms with E-state index in [4.69, 9.17) is 9.47 Å². The van der Waals surface area contributed by atoms with Gasteiger partial charge >= 0.3 is 0 Å². The molecular weight excluding hydrogens is 202 g/mol. The van der Waals surface area contributed by atoms with Crippen molar-refractivity contribution in [2.75, 3.05) is 40.5 Å². The SMILES string of the molecule is CCC.COCCCOC1CCN(C)CC1. The van der Waals surface area contributed by atoms with Gasteiger partial charge in [0.25, 0.3) is 0 Å². The molecule has 0 N–H and O–H groups in total. The Morgan fingerprint density at radius 3 is 2.19 bits per heavy atom. The molecule has 0 aromatic rings. The zero-order valence-corrected chi connectivity index (χ0v) is 11.5. The van der Waals surface area contributed by atoms with Gasteiger partial charge in [-0.1, -0.05) is 20.3 Å². The average molecular weight is 231 g/mol. The van der Waals surface area contributed by atoms with Crippen molar-refractivity contribution in [3.63, 3.8) is 0 Å². The standard InChI is InChI=1S/C10H21NO2.C3H8/c1-11-6-4-10(5-7-11)13-9-3-8-12-2;1-3-2/h10H,3-9H2,1-2H3;3H2,1-2H3. The van der Waals surface area contributed by atoms with Crippen LogP contribution in [0.4, 0.5) is 0 Å². The topological polar surface area (TPSA) is 21.7 Å². The van der Waals surface area contributed by atoms with Gasteiger partial charge < -0.3 is 14.4 Å². The Balaban J connectivity index is 0.000000673. The summed E-state index contributed by atoms with van der Waals surface area (Å²) in [4.78, 5) is 2.36. The first kappa shape index (κ1) is 15.9. The minimum Gasteiger partial charge on any atom is -0.385 e. The summed E-state index contributed by atoms with van der Waals surface area (Å²) in [5.41, 5.74) is 0. The molecule has 0 bridgehead atoms. The van der Waals surface area contributed by atoms with Gasteiger partial charge in [-0.05, 0) is 26.3 Å². The van der Waals surface area contributed by atoms with E-state index in [2.05, 4.69) is 25.8 Å². The van der Waals surface area contributed by atoms with Gasteiger partial charge in [-0.15, -0.1) is 0 Å². The molecule has 1 saturated heterocycles. The summed E-state index contributed by atoms with van der Waals surface area (Å²) in [5.74, 6) is 0. The molecule has 1 rings (SSSR count). The van der Waals surface area contributed by atoms with Crippen LogP contribution in [0, 0.1) is 0 Å². The molecule has 1 fully saturated rings. The Morgan fingerprint density at radius 2 is 1.69 bits per heavy atom. The van der Waals surface area contributed by atoms with E-state index in [9.17, 15) is 0 Å². The molecule has 1 aliphatic heterocycles. The maximum atomic E-state index is 5.73. The number of hydrogen-bond acceptors (Lipinski definition) is 3. The lowest BCUT2D eigenvalue weighted by Crippen LogP contribution is -2.34. The number of likely N-dealkylation sites (tertiary alicyclic amines) is 1. The van der Waals surface area contributed by atoms with Crippen molar-refractivity contribution in [2.24, 2.45) is 0 Å². The fraction of sp³-hybridized carbons (Fsp3) is 1.00. The highest BCUT2D eigenvalue weighted by atomic mass is 16.5. The van der Waals surface area contributed by atoms with E-state index in [1.54, 1.807) is 7.11 Å². The van der Waals surface area contributed by atoms with Crippen molar-refractivity contribution in [2.45, 2.75) is 45.6 Å². The van der Waals surface area contributed by atoms with E-state index >= 15 is 0 Å². The lowest BCUT2D eigenvalue weighted by Gasteiger charge is -2.28. The third-order valence-electron chi connectivity index (χ3n) is 2.51. The molecule has 0 amide bonds. The fourth-order valence-corrected chi connectivity index (χ4v) is 1.60. The van der Waals surface area contributed by atoms with Gasteiger partial charge in [-0.25, -0.2) is 0 Å². The number of ether oxygens (including phenoxy) is 2. The largest absolute Gasteiger partial charge is 0.385 e. The van der Waals surface area contributed by atoms with Gasteiger partial charge in [0.05, 0.1) is 6.10 Å². The molecule has 1 heterocycles. The van der Waals surface area contributed by atoms with Crippen molar-refractivity contribution in [3.05, 3.63) is 0 Å². The van der Waals surface area contributed by atoms with E-state index in [-0.39, 0.29) is 0 Å². The molecule has 3 heteroatoms. The summed E-state index contributed by atoms with van der Waals surface area (Å²) in [6.45, 7) is 8.26. The Kier molecular flexibility index (Phi) is 11.3. The summed E-state index contributed by atoms with van der Waals surface area (Å²) in [5, 5.41) is 0. The monoisotopic (exact) mass is 231 g/mol. The van der Waals surface area contributed by atoms with E-state index in [0.29, 0.717) is 6.10 Å². The lowest BCUT2D eigenvalue weighted by atomic mass is 10.1. The van der Waals surface area contributed by atoms with Gasteiger partial charge in [-0.3, -0.25) is 0 Å². The molecule has 0 aromatic carbocycles. The van der Waals surface area contributed by atoms with Crippen molar-refractivity contribution < 1.29 is 9.47 Å². The molecule has 0 aliphatic carbocycles. The van der Waals surface area contributed by atoms with Crippen LogP contribution >= 0.6 is 0 Å². The zero-order valence-electron chi connectivity index (χ0n) is 11.5. The van der Waals surface area contributed by atoms with Crippen molar-refractivity contribution in [1.82, 2.24) is 4.90 Å². The molecular formula is C13H29NO2. The Labute approximate surface area is 101 Å². The van der Waals surface area contributed by atoms with Crippen LogP contribution in [-0.4, -0.2) is 51.5 Å². The van der Waals surface area contributed by atoms with Crippen LogP contribution in [-0.2, 0) is 9.47 Å². The van der Waals surface area contributed by atoms with E-state index in [1.165, 1.54) is 32.4 Å². The smallest absolute Gasteiger partial charge is 0.0599 e. The van der Waals surface area contributed by atoms with Crippen LogP contribution < -0.4 is 0 Å². The molecule has 0 unspecified atom stereocenters. The maximum absolute atomic E-state index is 5.73. The third kappa shape index (κ3) is 9.13. The minimum absolute atomic E-state index is 0.494. The predicted molar refractivity (Wildman–Crippen MR) is 68.9 cm³/mol. The Hall–Kier alpha value is -0.120. The first-order valence-corrected chi connectivity index (χ1v) is 6.53. The summed E-state index contributed by atoms with van der Waals surface area (Å²) in [6.07, 6.45) is 5.13. The highest BCUT2D eigenvalue weighted by molar-refractivity contribution is 4.69. The molecule has 1 aliphatic rings. The highest BCUT2D eigenvalue weighted by Gasteiger charge is 2.16. The first-order chi connectivity index (χ1) is 7.74. The van der Waals surface area contributed by atoms with Gasteiger partial charge in [0, 0.05) is 33.4 Å². The predicted octanol–water partition coefficient (Wildman–Crippen LogP) is 2.55. The van der Waals surface area contributed by atoms with Crippen LogP contribution in [0.3, 0.4) is 0 Å². The number of rotatable bonds is 5. The molecule has 0 radical (unpaired) electrons. The number of hydrogen-bond donors (Lipinski definition) is 0. The van der Waals surface area contributed by atoms with Crippen LogP contribution in [0.5, 0.6) is 0 Å². The highest BCUT2D eigenvalue weighted by Crippen LogP contribution is 2.11. The van der Waals surface area contributed by atoms with E-state index in [1.807, 2.05) is 0 Å². The summed E-state index contributed by atoms with van der Waals surface area (Å²) in [6, 6.07) is 0. The second kappa shape index (κ2) is 11.4. The fourth-order valence-electron chi connectivity index (χ4n) is 1.60. The minimum atomic E-state index is 0.494. The molecule has 0 aromatic heterocycles. The quantitative estimate of drug-likeness (QED) is 0.679. The molecule has 3 nitrogen and oxygen atoms in total. The van der Waals surface area contributed by atoms with Crippen molar-refractivity contribution in [3.8, 4) is 0 Å². The first-order valence-electron chi connectivity index (χ1n) is 6.53. The van der Waals surface area contributed by atoms with Crippen LogP contribution in [0.15, 0.2) is 0 Å². The Morgan fingerprint density at radius 1 is 1.12 bits per heavy atom. The molecule has 98 valence electrons. The average Bonchev–Trinajstić information content (AvgIpc) is 2.28. The number of piperidine rings is 1. The zero-order chi connectivity index (χ0) is 12.2. The van der Waals surface area contributed by atoms with Gasteiger partial charge in [0.15, 0.2) is 0 Å². The normalized spacial score (nSPS) is 18.0. The number of methoxy groups -OCH3 is 1. The molecule has 16 heavy (non-hydrogen) atoms. The molecule has 0 spiro atoms. The lowest BCUT2D eigenvalue weighted by molar-refractivity contribution is 0.00445. The van der Waals surface area contributed by atoms with Gasteiger partial charge in [0.2, 0.25) is 0 Å². The second-order valence-corrected chi connectivity index (χ2v) is 4.43. The molecule has 0 saturated carbocycles. The van der Waals surface area contributed by atoms with Crippen LogP contribution in [0.25, 0.3) is 0 Å². The van der Waals surface area contributed by atoms with E-state index in [0.717, 1.165) is 19.6 Å². The van der Waals surface area contributed by atoms with Crippen LogP contribution in [0.2, 0.25) is 0 Å². The molecule has 0 atom stereocenters. The van der Waals surface area contributed by atoms with Gasteiger partial charge in [0.1, 0.15) is 0 Å². The summed E-state index contributed by atoms with van der Waals surface area (Å²) in [7, 11) is 3.90. The summed E-state index contributed by atoms with van der Waals surface area (Å²) < 4.78 is 10.7. The third-order valence-corrected chi connectivity index (χ3v) is 2.51.